The van der Waals surface area contributed by atoms with Gasteiger partial charge in [0.2, 0.25) is 5.91 Å². The molecule has 1 atom stereocenters. The molecule has 0 spiro atoms. The Morgan fingerprint density at radius 3 is 2.78 bits per heavy atom. The second kappa shape index (κ2) is 6.44. The normalized spacial score (nSPS) is 18.2. The van der Waals surface area contributed by atoms with E-state index in [1.54, 1.807) is 6.20 Å². The lowest BCUT2D eigenvalue weighted by Gasteiger charge is -2.33. The van der Waals surface area contributed by atoms with Crippen LogP contribution >= 0.6 is 0 Å². The number of para-hydroxylation sites is 1. The summed E-state index contributed by atoms with van der Waals surface area (Å²) in [6.45, 7) is 3.18. The van der Waals surface area contributed by atoms with Crippen molar-refractivity contribution < 1.29 is 14.3 Å². The third kappa shape index (κ3) is 2.96. The number of likely N-dealkylation sites (tertiary alicyclic amines) is 1. The van der Waals surface area contributed by atoms with Crippen LogP contribution in [0, 0.1) is 0 Å². The molecule has 1 aliphatic heterocycles. The number of aromatic nitrogens is 1. The first-order chi connectivity index (χ1) is 11.1. The summed E-state index contributed by atoms with van der Waals surface area (Å²) in [5.41, 5.74) is 1.38. The minimum absolute atomic E-state index is 0.106. The zero-order valence-electron chi connectivity index (χ0n) is 13.6. The Morgan fingerprint density at radius 2 is 2.04 bits per heavy atom. The number of methoxy groups -OCH3 is 1. The lowest BCUT2D eigenvalue weighted by molar-refractivity contribution is -0.135. The van der Waals surface area contributed by atoms with E-state index in [1.807, 2.05) is 33.7 Å². The predicted molar refractivity (Wildman–Crippen MR) is 88.3 cm³/mol. The number of nitrogens with zero attached hydrogens (tertiary/aromatic N) is 2. The van der Waals surface area contributed by atoms with Crippen LogP contribution in [0.1, 0.15) is 36.5 Å². The van der Waals surface area contributed by atoms with Crippen molar-refractivity contribution >= 4 is 22.8 Å². The lowest BCUT2D eigenvalue weighted by Crippen LogP contribution is -2.43. The van der Waals surface area contributed by atoms with E-state index in [9.17, 15) is 9.59 Å². The van der Waals surface area contributed by atoms with E-state index in [2.05, 4.69) is 6.92 Å². The highest BCUT2D eigenvalue weighted by Gasteiger charge is 2.24. The number of benzene rings is 1. The molecule has 2 aromatic rings. The first-order valence-electron chi connectivity index (χ1n) is 8.07. The summed E-state index contributed by atoms with van der Waals surface area (Å²) in [4.78, 5) is 26.6. The third-order valence-corrected chi connectivity index (χ3v) is 4.62. The van der Waals surface area contributed by atoms with Crippen molar-refractivity contribution in [1.82, 2.24) is 9.47 Å². The summed E-state index contributed by atoms with van der Waals surface area (Å²) in [5.74, 6) is -0.270. The number of carbonyl (C=O) groups is 2. The van der Waals surface area contributed by atoms with Gasteiger partial charge < -0.3 is 14.2 Å². The molecule has 1 saturated heterocycles. The standard InChI is InChI=1S/C18H22N2O3/c1-13-7-5-6-10-20(13)17(21)12-19-11-15(18(22)23-2)14-8-3-4-9-16(14)19/h3-4,8-9,11,13H,5-7,10,12H2,1-2H3/t13-/m0/s1. The molecule has 0 aliphatic carbocycles. The summed E-state index contributed by atoms with van der Waals surface area (Å²) in [6.07, 6.45) is 5.04. The fourth-order valence-corrected chi connectivity index (χ4v) is 3.36. The first kappa shape index (κ1) is 15.6. The molecular weight excluding hydrogens is 292 g/mol. The summed E-state index contributed by atoms with van der Waals surface area (Å²) < 4.78 is 6.70. The van der Waals surface area contributed by atoms with Crippen molar-refractivity contribution in [2.24, 2.45) is 0 Å². The molecule has 122 valence electrons. The van der Waals surface area contributed by atoms with E-state index in [0.717, 1.165) is 30.3 Å². The van der Waals surface area contributed by atoms with Crippen LogP contribution in [0.4, 0.5) is 0 Å². The van der Waals surface area contributed by atoms with Gasteiger partial charge in [-0.25, -0.2) is 4.79 Å². The van der Waals surface area contributed by atoms with Gasteiger partial charge in [-0.2, -0.15) is 0 Å². The van der Waals surface area contributed by atoms with E-state index < -0.39 is 0 Å². The molecule has 1 aromatic carbocycles. The van der Waals surface area contributed by atoms with Gasteiger partial charge in [-0.3, -0.25) is 4.79 Å². The minimum Gasteiger partial charge on any atom is -0.465 e. The number of piperidine rings is 1. The fraction of sp³-hybridized carbons (Fsp3) is 0.444. The SMILES string of the molecule is COC(=O)c1cn(CC(=O)N2CCCC[C@@H]2C)c2ccccc12. The average molecular weight is 314 g/mol. The molecule has 3 rings (SSSR count). The van der Waals surface area contributed by atoms with Crippen LogP contribution in [0.25, 0.3) is 10.9 Å². The number of hydrogen-bond donors (Lipinski definition) is 0. The van der Waals surface area contributed by atoms with Gasteiger partial charge >= 0.3 is 5.97 Å². The van der Waals surface area contributed by atoms with Crippen LogP contribution in [-0.4, -0.2) is 41.0 Å². The molecule has 0 N–H and O–H groups in total. The number of hydrogen-bond acceptors (Lipinski definition) is 3. The Kier molecular flexibility index (Phi) is 4.37. The van der Waals surface area contributed by atoms with Gasteiger partial charge in [-0.15, -0.1) is 0 Å². The van der Waals surface area contributed by atoms with Crippen LogP contribution in [0.3, 0.4) is 0 Å². The van der Waals surface area contributed by atoms with Crippen molar-refractivity contribution in [3.05, 3.63) is 36.0 Å². The van der Waals surface area contributed by atoms with Gasteiger partial charge in [0, 0.05) is 29.7 Å². The molecule has 0 radical (unpaired) electrons. The van der Waals surface area contributed by atoms with E-state index in [1.165, 1.54) is 13.5 Å². The van der Waals surface area contributed by atoms with Gasteiger partial charge in [0.1, 0.15) is 6.54 Å². The number of carbonyl (C=O) groups excluding carboxylic acids is 2. The Hall–Kier alpha value is -2.30. The summed E-state index contributed by atoms with van der Waals surface area (Å²) in [7, 11) is 1.37. The molecule has 1 fully saturated rings. The molecule has 0 bridgehead atoms. The molecule has 1 aromatic heterocycles. The summed E-state index contributed by atoms with van der Waals surface area (Å²) in [6, 6.07) is 7.89. The maximum atomic E-state index is 12.7. The Bertz CT molecular complexity index is 735. The quantitative estimate of drug-likeness (QED) is 0.819. The number of ether oxygens (including phenoxy) is 1. The van der Waals surface area contributed by atoms with Crippen molar-refractivity contribution in [3.63, 3.8) is 0 Å². The monoisotopic (exact) mass is 314 g/mol. The van der Waals surface area contributed by atoms with Crippen molar-refractivity contribution in [1.29, 1.82) is 0 Å². The van der Waals surface area contributed by atoms with E-state index >= 15 is 0 Å². The number of amides is 1. The second-order valence-corrected chi connectivity index (χ2v) is 6.11. The van der Waals surface area contributed by atoms with Gasteiger partial charge in [-0.1, -0.05) is 18.2 Å². The molecule has 23 heavy (non-hydrogen) atoms. The van der Waals surface area contributed by atoms with Crippen LogP contribution in [0.15, 0.2) is 30.5 Å². The van der Waals surface area contributed by atoms with Gasteiger partial charge in [0.05, 0.1) is 12.7 Å². The van der Waals surface area contributed by atoms with Gasteiger partial charge in [0.15, 0.2) is 0 Å². The maximum Gasteiger partial charge on any atom is 0.340 e. The molecule has 5 heteroatoms. The Morgan fingerprint density at radius 1 is 1.26 bits per heavy atom. The molecular formula is C18H22N2O3. The number of rotatable bonds is 3. The van der Waals surface area contributed by atoms with E-state index in [4.69, 9.17) is 4.74 Å². The van der Waals surface area contributed by atoms with E-state index in [-0.39, 0.29) is 24.5 Å². The summed E-state index contributed by atoms with van der Waals surface area (Å²) in [5, 5.41) is 0.818. The van der Waals surface area contributed by atoms with Crippen LogP contribution < -0.4 is 0 Å². The zero-order chi connectivity index (χ0) is 16.4. The Labute approximate surface area is 135 Å². The minimum atomic E-state index is -0.376. The van der Waals surface area contributed by atoms with Crippen LogP contribution in [0.5, 0.6) is 0 Å². The molecule has 0 saturated carbocycles. The number of fused-ring (bicyclic) bond motifs is 1. The summed E-state index contributed by atoms with van der Waals surface area (Å²) >= 11 is 0. The van der Waals surface area contributed by atoms with Crippen molar-refractivity contribution in [2.75, 3.05) is 13.7 Å². The fourth-order valence-electron chi connectivity index (χ4n) is 3.36. The highest BCUT2D eigenvalue weighted by Crippen LogP contribution is 2.23. The highest BCUT2D eigenvalue weighted by atomic mass is 16.5. The Balaban J connectivity index is 1.91. The van der Waals surface area contributed by atoms with Gasteiger partial charge in [-0.05, 0) is 32.3 Å². The smallest absolute Gasteiger partial charge is 0.340 e. The zero-order valence-corrected chi connectivity index (χ0v) is 13.6. The number of esters is 1. The second-order valence-electron chi connectivity index (χ2n) is 6.11. The highest BCUT2D eigenvalue weighted by molar-refractivity contribution is 6.04. The predicted octanol–water partition coefficient (Wildman–Crippen LogP) is 2.83. The third-order valence-electron chi connectivity index (χ3n) is 4.62. The molecule has 1 amide bonds. The molecule has 0 unspecified atom stereocenters. The van der Waals surface area contributed by atoms with Crippen LogP contribution in [0.2, 0.25) is 0 Å². The topological polar surface area (TPSA) is 51.5 Å². The first-order valence-corrected chi connectivity index (χ1v) is 8.07. The van der Waals surface area contributed by atoms with Crippen molar-refractivity contribution in [2.45, 2.75) is 38.8 Å². The molecule has 1 aliphatic rings. The molecule has 5 nitrogen and oxygen atoms in total. The lowest BCUT2D eigenvalue weighted by atomic mass is 10.0. The van der Waals surface area contributed by atoms with Crippen molar-refractivity contribution in [3.8, 4) is 0 Å². The van der Waals surface area contributed by atoms with Crippen LogP contribution in [-0.2, 0) is 16.1 Å². The van der Waals surface area contributed by atoms with E-state index in [0.29, 0.717) is 5.56 Å². The average Bonchev–Trinajstić information content (AvgIpc) is 2.93. The largest absolute Gasteiger partial charge is 0.465 e. The van der Waals surface area contributed by atoms with Gasteiger partial charge in [0.25, 0.3) is 0 Å². The maximum absolute atomic E-state index is 12.7. The molecule has 2 heterocycles.